The van der Waals surface area contributed by atoms with Crippen molar-refractivity contribution < 1.29 is 9.59 Å². The molecular formula is C24H26N4O2. The molecule has 6 heteroatoms. The summed E-state index contributed by atoms with van der Waals surface area (Å²) in [7, 11) is 0. The van der Waals surface area contributed by atoms with Gasteiger partial charge in [0.25, 0.3) is 5.91 Å². The molecule has 5 rings (SSSR count). The number of aromatic nitrogens is 1. The fraction of sp³-hybridized carbons (Fsp3) is 0.333. The molecule has 0 aliphatic carbocycles. The Morgan fingerprint density at radius 1 is 1.07 bits per heavy atom. The van der Waals surface area contributed by atoms with Crippen LogP contribution in [0.4, 0.5) is 5.69 Å². The Hall–Kier alpha value is -3.12. The molecular weight excluding hydrogens is 376 g/mol. The summed E-state index contributed by atoms with van der Waals surface area (Å²) in [4.78, 5) is 30.5. The molecule has 2 amide bonds. The summed E-state index contributed by atoms with van der Waals surface area (Å²) < 4.78 is 0. The van der Waals surface area contributed by atoms with E-state index in [-0.39, 0.29) is 17.7 Å². The lowest BCUT2D eigenvalue weighted by Gasteiger charge is -2.33. The summed E-state index contributed by atoms with van der Waals surface area (Å²) in [5.41, 5.74) is 10.4. The zero-order valence-corrected chi connectivity index (χ0v) is 16.9. The van der Waals surface area contributed by atoms with Crippen LogP contribution in [0.2, 0.25) is 0 Å². The number of nitrogens with zero attached hydrogens (tertiary/aromatic N) is 1. The summed E-state index contributed by atoms with van der Waals surface area (Å²) in [6.07, 6.45) is 4.87. The molecule has 2 aromatic carbocycles. The Morgan fingerprint density at radius 2 is 1.87 bits per heavy atom. The van der Waals surface area contributed by atoms with Crippen molar-refractivity contribution >= 4 is 28.4 Å². The number of benzene rings is 2. The number of amides is 2. The van der Waals surface area contributed by atoms with Crippen molar-refractivity contribution in [2.24, 2.45) is 11.7 Å². The van der Waals surface area contributed by atoms with E-state index in [4.69, 9.17) is 5.73 Å². The molecule has 0 bridgehead atoms. The Bertz CT molecular complexity index is 1110. The number of H-pyrrole nitrogens is 1. The number of anilines is 1. The second-order valence-corrected chi connectivity index (χ2v) is 8.38. The smallest absolute Gasteiger partial charge is 0.258 e. The first-order valence-electron chi connectivity index (χ1n) is 10.6. The molecule has 154 valence electrons. The number of nitrogens with two attached hydrogens (primary N) is 1. The summed E-state index contributed by atoms with van der Waals surface area (Å²) in [6, 6.07) is 13.6. The van der Waals surface area contributed by atoms with Gasteiger partial charge in [0, 0.05) is 34.9 Å². The van der Waals surface area contributed by atoms with Crippen molar-refractivity contribution in [3.8, 4) is 0 Å². The summed E-state index contributed by atoms with van der Waals surface area (Å²) in [5, 5.41) is 4.53. The van der Waals surface area contributed by atoms with Crippen LogP contribution in [0.5, 0.6) is 0 Å². The minimum absolute atomic E-state index is 0.0900. The third-order valence-electron chi connectivity index (χ3n) is 6.54. The second-order valence-electron chi connectivity index (χ2n) is 8.38. The molecule has 3 heterocycles. The molecule has 30 heavy (non-hydrogen) atoms. The highest BCUT2D eigenvalue weighted by molar-refractivity contribution is 6.09. The van der Waals surface area contributed by atoms with Gasteiger partial charge in [0.1, 0.15) is 0 Å². The van der Waals surface area contributed by atoms with E-state index in [2.05, 4.69) is 16.5 Å². The van der Waals surface area contributed by atoms with Crippen molar-refractivity contribution in [2.75, 3.05) is 24.5 Å². The number of fused-ring (bicyclic) bond motifs is 2. The van der Waals surface area contributed by atoms with Gasteiger partial charge < -0.3 is 20.9 Å². The topological polar surface area (TPSA) is 91.2 Å². The van der Waals surface area contributed by atoms with Crippen molar-refractivity contribution in [2.45, 2.75) is 25.2 Å². The lowest BCUT2D eigenvalue weighted by atomic mass is 9.89. The highest BCUT2D eigenvalue weighted by atomic mass is 16.2. The monoisotopic (exact) mass is 402 g/mol. The highest BCUT2D eigenvalue weighted by Gasteiger charge is 2.32. The molecule has 2 aliphatic rings. The normalized spacial score (nSPS) is 19.6. The molecule has 1 saturated heterocycles. The van der Waals surface area contributed by atoms with E-state index in [1.54, 1.807) is 4.90 Å². The predicted octanol–water partition coefficient (Wildman–Crippen LogP) is 2.94. The molecule has 4 N–H and O–H groups in total. The van der Waals surface area contributed by atoms with Crippen LogP contribution < -0.4 is 16.0 Å². The molecule has 1 aromatic heterocycles. The van der Waals surface area contributed by atoms with Gasteiger partial charge in [-0.1, -0.05) is 18.2 Å². The number of nitrogens with one attached hydrogen (secondary N) is 2. The molecule has 3 aromatic rings. The molecule has 1 unspecified atom stereocenters. The van der Waals surface area contributed by atoms with Crippen LogP contribution in [0.25, 0.3) is 10.9 Å². The second kappa shape index (κ2) is 7.61. The van der Waals surface area contributed by atoms with E-state index in [0.29, 0.717) is 24.4 Å². The standard InChI is InChI=1S/C24H26N4O2/c25-23(29)18-11-16-3-1-2-4-22(16)28(14-18)24(30)17-5-6-21-19(12-17)20(13-27-21)15-7-9-26-10-8-15/h1-6,12-13,15,18,26-27H,7-11,14H2,(H2,25,29). The van der Waals surface area contributed by atoms with Gasteiger partial charge in [0.15, 0.2) is 0 Å². The summed E-state index contributed by atoms with van der Waals surface area (Å²) in [5.74, 6) is -0.324. The molecule has 1 fully saturated rings. The SMILES string of the molecule is NC(=O)C1Cc2ccccc2N(C(=O)c2ccc3[nH]cc(C4CCNCC4)c3c2)C1. The maximum atomic E-state index is 13.5. The average Bonchev–Trinajstić information content (AvgIpc) is 3.21. The van der Waals surface area contributed by atoms with Gasteiger partial charge in [0.05, 0.1) is 5.92 Å². The van der Waals surface area contributed by atoms with Crippen LogP contribution in [0.1, 0.15) is 40.2 Å². The minimum atomic E-state index is -0.370. The Balaban J connectivity index is 1.52. The Labute approximate surface area is 175 Å². The van der Waals surface area contributed by atoms with Gasteiger partial charge in [-0.2, -0.15) is 0 Å². The number of rotatable bonds is 3. The fourth-order valence-electron chi connectivity index (χ4n) is 4.88. The first kappa shape index (κ1) is 18.9. The van der Waals surface area contributed by atoms with Gasteiger partial charge in [-0.15, -0.1) is 0 Å². The van der Waals surface area contributed by atoms with Gasteiger partial charge in [-0.25, -0.2) is 0 Å². The van der Waals surface area contributed by atoms with Gasteiger partial charge in [0.2, 0.25) is 5.91 Å². The van der Waals surface area contributed by atoms with Crippen LogP contribution in [0, 0.1) is 5.92 Å². The zero-order chi connectivity index (χ0) is 20.7. The lowest BCUT2D eigenvalue weighted by Crippen LogP contribution is -2.44. The van der Waals surface area contributed by atoms with Crippen LogP contribution in [-0.4, -0.2) is 36.4 Å². The molecule has 0 saturated carbocycles. The molecule has 0 radical (unpaired) electrons. The maximum absolute atomic E-state index is 13.5. The predicted molar refractivity (Wildman–Crippen MR) is 118 cm³/mol. The average molecular weight is 402 g/mol. The third-order valence-corrected chi connectivity index (χ3v) is 6.54. The van der Waals surface area contributed by atoms with E-state index in [1.165, 1.54) is 5.56 Å². The fourth-order valence-corrected chi connectivity index (χ4v) is 4.88. The molecule has 2 aliphatic heterocycles. The number of aromatic amines is 1. The lowest BCUT2D eigenvalue weighted by molar-refractivity contribution is -0.121. The van der Waals surface area contributed by atoms with Crippen LogP contribution in [0.15, 0.2) is 48.7 Å². The van der Waals surface area contributed by atoms with Gasteiger partial charge >= 0.3 is 0 Å². The first-order chi connectivity index (χ1) is 14.6. The van der Waals surface area contributed by atoms with Crippen LogP contribution in [-0.2, 0) is 11.2 Å². The molecule has 6 nitrogen and oxygen atoms in total. The maximum Gasteiger partial charge on any atom is 0.258 e. The van der Waals surface area contributed by atoms with Crippen LogP contribution >= 0.6 is 0 Å². The van der Waals surface area contributed by atoms with Crippen molar-refractivity contribution in [1.29, 1.82) is 0 Å². The largest absolute Gasteiger partial charge is 0.369 e. The Kier molecular flexibility index (Phi) is 4.79. The van der Waals surface area contributed by atoms with Crippen molar-refractivity contribution in [1.82, 2.24) is 10.3 Å². The van der Waals surface area contributed by atoms with Crippen LogP contribution in [0.3, 0.4) is 0 Å². The third kappa shape index (κ3) is 3.27. The summed E-state index contributed by atoms with van der Waals surface area (Å²) >= 11 is 0. The highest BCUT2D eigenvalue weighted by Crippen LogP contribution is 2.34. The number of piperidine rings is 1. The van der Waals surface area contributed by atoms with Gasteiger partial charge in [-0.05, 0) is 73.7 Å². The number of para-hydroxylation sites is 1. The zero-order valence-electron chi connectivity index (χ0n) is 16.9. The van der Waals surface area contributed by atoms with Crippen molar-refractivity contribution in [3.63, 3.8) is 0 Å². The van der Waals surface area contributed by atoms with E-state index < -0.39 is 0 Å². The molecule has 1 atom stereocenters. The number of carbonyl (C=O) groups is 2. The number of carbonyl (C=O) groups excluding carboxylic acids is 2. The van der Waals surface area contributed by atoms with E-state index in [0.717, 1.165) is 48.1 Å². The number of hydrogen-bond acceptors (Lipinski definition) is 3. The number of primary amides is 1. The van der Waals surface area contributed by atoms with Gasteiger partial charge in [-0.3, -0.25) is 9.59 Å². The van der Waals surface area contributed by atoms with E-state index >= 15 is 0 Å². The Morgan fingerprint density at radius 3 is 2.67 bits per heavy atom. The van der Waals surface area contributed by atoms with E-state index in [1.807, 2.05) is 42.5 Å². The van der Waals surface area contributed by atoms with Crippen molar-refractivity contribution in [3.05, 3.63) is 65.4 Å². The molecule has 0 spiro atoms. The number of hydrogen-bond donors (Lipinski definition) is 3. The quantitative estimate of drug-likeness (QED) is 0.629. The minimum Gasteiger partial charge on any atom is -0.369 e. The first-order valence-corrected chi connectivity index (χ1v) is 10.6. The summed E-state index contributed by atoms with van der Waals surface area (Å²) in [6.45, 7) is 2.36. The van der Waals surface area contributed by atoms with E-state index in [9.17, 15) is 9.59 Å².